The fourth-order valence-electron chi connectivity index (χ4n) is 1.60. The zero-order valence-corrected chi connectivity index (χ0v) is 11.5. The van der Waals surface area contributed by atoms with Crippen molar-refractivity contribution in [1.82, 2.24) is 0 Å². The van der Waals surface area contributed by atoms with Crippen molar-refractivity contribution < 1.29 is 17.8 Å². The van der Waals surface area contributed by atoms with Gasteiger partial charge in [0.1, 0.15) is 4.90 Å². The highest BCUT2D eigenvalue weighted by molar-refractivity contribution is 7.87. The Labute approximate surface area is 117 Å². The van der Waals surface area contributed by atoms with Crippen LogP contribution in [0.5, 0.6) is 5.75 Å². The topological polar surface area (TPSA) is 76.0 Å². The third kappa shape index (κ3) is 3.16. The van der Waals surface area contributed by atoms with Gasteiger partial charge in [-0.2, -0.15) is 8.42 Å². The summed E-state index contributed by atoms with van der Waals surface area (Å²) in [5.74, 6) is 0.103. The van der Waals surface area contributed by atoms with E-state index < -0.39 is 10.1 Å². The van der Waals surface area contributed by atoms with Crippen LogP contribution in [0.1, 0.15) is 11.1 Å². The molecule has 0 aliphatic rings. The monoisotopic (exact) mass is 291 g/mol. The maximum Gasteiger partial charge on any atom is 0.339 e. The zero-order chi connectivity index (χ0) is 14.6. The lowest BCUT2D eigenvalue weighted by Gasteiger charge is -2.09. The van der Waals surface area contributed by atoms with Gasteiger partial charge in [-0.25, -0.2) is 0 Å². The van der Waals surface area contributed by atoms with Crippen LogP contribution in [-0.2, 0) is 10.1 Å². The average Bonchev–Trinajstić information content (AvgIpc) is 2.41. The molecule has 0 unspecified atom stereocenters. The largest absolute Gasteiger partial charge is 0.411 e. The molecule has 104 valence electrons. The number of para-hydroxylation sites is 1. The molecule has 0 saturated heterocycles. The summed E-state index contributed by atoms with van der Waals surface area (Å²) >= 11 is 0. The molecule has 2 aromatic rings. The Hall–Kier alpha value is -2.34. The molecule has 1 N–H and O–H groups in total. The molecule has 0 aliphatic carbocycles. The smallest absolute Gasteiger partial charge is 0.339 e. The van der Waals surface area contributed by atoms with Gasteiger partial charge in [0.05, 0.1) is 6.21 Å². The van der Waals surface area contributed by atoms with E-state index >= 15 is 0 Å². The summed E-state index contributed by atoms with van der Waals surface area (Å²) in [6.07, 6.45) is 1.11. The molecule has 0 saturated carbocycles. The fraction of sp³-hybridized carbons (Fsp3) is 0.0714. The molecule has 0 heterocycles. The number of hydrogen-bond acceptors (Lipinski definition) is 5. The molecule has 0 amide bonds. The van der Waals surface area contributed by atoms with Crippen LogP contribution >= 0.6 is 0 Å². The number of oxime groups is 1. The van der Waals surface area contributed by atoms with Gasteiger partial charge in [0.2, 0.25) is 0 Å². The number of benzene rings is 2. The van der Waals surface area contributed by atoms with E-state index in [1.54, 1.807) is 30.3 Å². The van der Waals surface area contributed by atoms with Crippen molar-refractivity contribution in [3.05, 3.63) is 59.7 Å². The van der Waals surface area contributed by atoms with E-state index in [0.717, 1.165) is 11.8 Å². The van der Waals surface area contributed by atoms with Crippen molar-refractivity contribution in [1.29, 1.82) is 0 Å². The molecule has 0 aromatic heterocycles. The van der Waals surface area contributed by atoms with Gasteiger partial charge in [-0.3, -0.25) is 0 Å². The van der Waals surface area contributed by atoms with Gasteiger partial charge in [0.25, 0.3) is 0 Å². The Kier molecular flexibility index (Phi) is 4.05. The van der Waals surface area contributed by atoms with Gasteiger partial charge in [0, 0.05) is 5.56 Å². The lowest BCUT2D eigenvalue weighted by atomic mass is 10.2. The Morgan fingerprint density at radius 2 is 1.75 bits per heavy atom. The second-order valence-electron chi connectivity index (χ2n) is 4.13. The molecule has 0 spiro atoms. The van der Waals surface area contributed by atoms with Gasteiger partial charge >= 0.3 is 10.1 Å². The summed E-state index contributed by atoms with van der Waals surface area (Å²) in [6, 6.07) is 12.7. The molecular weight excluding hydrogens is 278 g/mol. The molecule has 2 aromatic carbocycles. The third-order valence-electron chi connectivity index (χ3n) is 2.62. The highest BCUT2D eigenvalue weighted by Gasteiger charge is 2.17. The van der Waals surface area contributed by atoms with Gasteiger partial charge < -0.3 is 9.39 Å². The maximum atomic E-state index is 12.1. The first kappa shape index (κ1) is 14.1. The van der Waals surface area contributed by atoms with Crippen molar-refractivity contribution in [3.63, 3.8) is 0 Å². The third-order valence-corrected chi connectivity index (χ3v) is 3.87. The Balaban J connectivity index is 2.36. The van der Waals surface area contributed by atoms with Gasteiger partial charge in [0.15, 0.2) is 5.75 Å². The van der Waals surface area contributed by atoms with Crippen molar-refractivity contribution in [2.45, 2.75) is 11.8 Å². The minimum absolute atomic E-state index is 0.0684. The molecule has 2 rings (SSSR count). The number of nitrogens with zero attached hydrogens (tertiary/aromatic N) is 1. The molecule has 5 nitrogen and oxygen atoms in total. The molecule has 6 heteroatoms. The van der Waals surface area contributed by atoms with Gasteiger partial charge in [-0.15, -0.1) is 0 Å². The lowest BCUT2D eigenvalue weighted by molar-refractivity contribution is 0.321. The summed E-state index contributed by atoms with van der Waals surface area (Å²) in [5, 5.41) is 11.4. The van der Waals surface area contributed by atoms with Crippen LogP contribution in [0.15, 0.2) is 58.6 Å². The highest BCUT2D eigenvalue weighted by atomic mass is 32.2. The van der Waals surface area contributed by atoms with Crippen LogP contribution in [0.4, 0.5) is 0 Å². The van der Waals surface area contributed by atoms with Crippen molar-refractivity contribution in [3.8, 4) is 5.75 Å². The van der Waals surface area contributed by atoms with E-state index in [9.17, 15) is 8.42 Å². The molecule has 0 radical (unpaired) electrons. The SMILES string of the molecule is Cc1ccc(S(=O)(=O)Oc2ccccc2/C=N/O)cc1. The first-order valence-electron chi connectivity index (χ1n) is 5.80. The Morgan fingerprint density at radius 1 is 1.10 bits per heavy atom. The number of rotatable bonds is 4. The molecule has 0 bridgehead atoms. The number of hydrogen-bond donors (Lipinski definition) is 1. The van der Waals surface area contributed by atoms with Crippen LogP contribution in [0.25, 0.3) is 0 Å². The van der Waals surface area contributed by atoms with E-state index in [-0.39, 0.29) is 10.6 Å². The maximum absolute atomic E-state index is 12.1. The van der Waals surface area contributed by atoms with E-state index in [2.05, 4.69) is 5.16 Å². The Morgan fingerprint density at radius 3 is 2.40 bits per heavy atom. The fourth-order valence-corrected chi connectivity index (χ4v) is 2.55. The second kappa shape index (κ2) is 5.75. The number of aryl methyl sites for hydroxylation is 1. The van der Waals surface area contributed by atoms with Gasteiger partial charge in [-0.05, 0) is 31.2 Å². The predicted octanol–water partition coefficient (Wildman–Crippen LogP) is 2.57. The van der Waals surface area contributed by atoms with Gasteiger partial charge in [-0.1, -0.05) is 35.0 Å². The predicted molar refractivity (Wildman–Crippen MR) is 74.8 cm³/mol. The van der Waals surface area contributed by atoms with Crippen LogP contribution < -0.4 is 4.18 Å². The zero-order valence-electron chi connectivity index (χ0n) is 10.7. The minimum atomic E-state index is -3.91. The average molecular weight is 291 g/mol. The summed E-state index contributed by atoms with van der Waals surface area (Å²) in [5.41, 5.74) is 1.32. The van der Waals surface area contributed by atoms with Crippen LogP contribution in [0, 0.1) is 6.92 Å². The van der Waals surface area contributed by atoms with Crippen molar-refractivity contribution >= 4 is 16.3 Å². The van der Waals surface area contributed by atoms with Crippen LogP contribution in [-0.4, -0.2) is 19.8 Å². The first-order chi connectivity index (χ1) is 9.53. The molecule has 0 fully saturated rings. The molecule has 20 heavy (non-hydrogen) atoms. The summed E-state index contributed by atoms with van der Waals surface area (Å²) in [6.45, 7) is 1.87. The highest BCUT2D eigenvalue weighted by Crippen LogP contribution is 2.22. The van der Waals surface area contributed by atoms with E-state index in [0.29, 0.717) is 5.56 Å². The normalized spacial score (nSPS) is 11.7. The molecule has 0 atom stereocenters. The van der Waals surface area contributed by atoms with Crippen molar-refractivity contribution in [2.24, 2.45) is 5.16 Å². The van der Waals surface area contributed by atoms with Crippen LogP contribution in [0.2, 0.25) is 0 Å². The van der Waals surface area contributed by atoms with E-state index in [1.807, 2.05) is 6.92 Å². The summed E-state index contributed by atoms with van der Waals surface area (Å²) < 4.78 is 29.4. The van der Waals surface area contributed by atoms with Crippen LogP contribution in [0.3, 0.4) is 0 Å². The summed E-state index contributed by atoms with van der Waals surface area (Å²) in [7, 11) is -3.91. The van der Waals surface area contributed by atoms with E-state index in [4.69, 9.17) is 9.39 Å². The van der Waals surface area contributed by atoms with Crippen molar-refractivity contribution in [2.75, 3.05) is 0 Å². The minimum Gasteiger partial charge on any atom is -0.411 e. The first-order valence-corrected chi connectivity index (χ1v) is 7.21. The molecular formula is C14H13NO4S. The summed E-state index contributed by atoms with van der Waals surface area (Å²) in [4.78, 5) is 0.0684. The van der Waals surface area contributed by atoms with E-state index in [1.165, 1.54) is 18.2 Å². The Bertz CT molecular complexity index is 721. The molecule has 0 aliphatic heterocycles. The second-order valence-corrected chi connectivity index (χ2v) is 5.68. The lowest BCUT2D eigenvalue weighted by Crippen LogP contribution is -2.10. The standard InChI is InChI=1S/C14H13NO4S/c1-11-6-8-13(9-7-11)20(17,18)19-14-5-3-2-4-12(14)10-15-16/h2-10,16H,1H3/b15-10+. The quantitative estimate of drug-likeness (QED) is 0.406.